The molecular weight excluding hydrogens is 494 g/mol. The second-order valence-electron chi connectivity index (χ2n) is 11.9. The monoisotopic (exact) mass is 539 g/mol. The molecule has 3 amide bonds. The van der Waals surface area contributed by atoms with Gasteiger partial charge in [-0.05, 0) is 82.7 Å². The third-order valence-corrected chi connectivity index (χ3v) is 6.71. The highest BCUT2D eigenvalue weighted by Crippen LogP contribution is 2.34. The lowest BCUT2D eigenvalue weighted by Gasteiger charge is -2.45. The van der Waals surface area contributed by atoms with Gasteiger partial charge in [-0.3, -0.25) is 9.59 Å². The van der Waals surface area contributed by atoms with E-state index in [0.29, 0.717) is 17.5 Å². The molecule has 2 aromatic carbocycles. The maximum Gasteiger partial charge on any atom is 0.408 e. The highest BCUT2D eigenvalue weighted by atomic mass is 16.6. The van der Waals surface area contributed by atoms with Gasteiger partial charge in [-0.15, -0.1) is 0 Å². The fourth-order valence-electron chi connectivity index (χ4n) is 4.19. The molecule has 0 aliphatic carbocycles. The molecule has 3 N–H and O–H groups in total. The van der Waals surface area contributed by atoms with Crippen LogP contribution in [0.4, 0.5) is 4.79 Å². The second-order valence-corrected chi connectivity index (χ2v) is 11.9. The molecule has 8 heteroatoms. The first-order valence-electron chi connectivity index (χ1n) is 13.5. The molecule has 0 aromatic heterocycles. The predicted octanol–water partition coefficient (Wildman–Crippen LogP) is 5.62. The number of rotatable bonds is 10. The minimum Gasteiger partial charge on any atom is -0.508 e. The third-order valence-electron chi connectivity index (χ3n) is 6.71. The molecule has 0 bridgehead atoms. The van der Waals surface area contributed by atoms with E-state index in [2.05, 4.69) is 10.6 Å². The summed E-state index contributed by atoms with van der Waals surface area (Å²) in [7, 11) is 0. The van der Waals surface area contributed by atoms with Gasteiger partial charge in [0, 0.05) is 12.1 Å². The molecule has 0 fully saturated rings. The molecule has 0 aliphatic rings. The molecule has 0 radical (unpaired) electrons. The first kappa shape index (κ1) is 31.7. The second kappa shape index (κ2) is 13.0. The van der Waals surface area contributed by atoms with E-state index in [1.54, 1.807) is 44.7 Å². The molecule has 39 heavy (non-hydrogen) atoms. The van der Waals surface area contributed by atoms with Gasteiger partial charge in [0.25, 0.3) is 0 Å². The molecule has 0 aliphatic heterocycles. The van der Waals surface area contributed by atoms with Crippen molar-refractivity contribution in [1.82, 2.24) is 15.5 Å². The number of benzene rings is 2. The van der Waals surface area contributed by atoms with Crippen molar-refractivity contribution in [3.05, 3.63) is 65.2 Å². The summed E-state index contributed by atoms with van der Waals surface area (Å²) in [6.45, 7) is 16.7. The minimum absolute atomic E-state index is 0.0986. The Bertz CT molecular complexity index is 1140. The fourth-order valence-corrected chi connectivity index (χ4v) is 4.19. The van der Waals surface area contributed by atoms with Gasteiger partial charge >= 0.3 is 6.09 Å². The Hall–Kier alpha value is -3.55. The minimum atomic E-state index is -1.02. The van der Waals surface area contributed by atoms with Crippen molar-refractivity contribution in [3.8, 4) is 5.75 Å². The number of aryl methyl sites for hydroxylation is 1. The van der Waals surface area contributed by atoms with E-state index in [1.807, 2.05) is 65.0 Å². The fraction of sp³-hybridized carbons (Fsp3) is 0.516. The van der Waals surface area contributed by atoms with Gasteiger partial charge in [0.05, 0.1) is 0 Å². The summed E-state index contributed by atoms with van der Waals surface area (Å²) in [4.78, 5) is 42.6. The van der Waals surface area contributed by atoms with E-state index in [0.717, 1.165) is 5.56 Å². The van der Waals surface area contributed by atoms with Crippen molar-refractivity contribution in [2.75, 3.05) is 0 Å². The van der Waals surface area contributed by atoms with E-state index >= 15 is 0 Å². The maximum atomic E-state index is 14.4. The van der Waals surface area contributed by atoms with Crippen LogP contribution in [0.25, 0.3) is 0 Å². The van der Waals surface area contributed by atoms with Gasteiger partial charge in [0.15, 0.2) is 0 Å². The molecule has 0 saturated heterocycles. The standard InChI is InChI=1S/C31H45N3O5/c1-10-31(8,9)34(28(37)25(20(2)3)33-29(38)39-30(5,6)7)26(23-16-17-24(35)21(4)18-23)27(36)32-19-22-14-12-11-13-15-22/h11-18,20,25-26,35H,10,19H2,1-9H3,(H,32,36)(H,33,38). The largest absolute Gasteiger partial charge is 0.508 e. The number of hydrogen-bond acceptors (Lipinski definition) is 5. The Kier molecular flexibility index (Phi) is 10.6. The topological polar surface area (TPSA) is 108 Å². The molecule has 214 valence electrons. The van der Waals surface area contributed by atoms with Crippen LogP contribution in [-0.2, 0) is 20.9 Å². The Morgan fingerprint density at radius 1 is 1.00 bits per heavy atom. The van der Waals surface area contributed by atoms with Crippen molar-refractivity contribution in [2.45, 2.75) is 98.5 Å². The van der Waals surface area contributed by atoms with Crippen LogP contribution in [0.2, 0.25) is 0 Å². The van der Waals surface area contributed by atoms with E-state index < -0.39 is 35.2 Å². The first-order valence-corrected chi connectivity index (χ1v) is 13.5. The zero-order valence-electron chi connectivity index (χ0n) is 24.8. The first-order chi connectivity index (χ1) is 18.1. The van der Waals surface area contributed by atoms with E-state index in [-0.39, 0.29) is 24.1 Å². The van der Waals surface area contributed by atoms with Crippen LogP contribution in [0.5, 0.6) is 5.75 Å². The Labute approximate surface area is 233 Å². The number of carbonyl (C=O) groups excluding carboxylic acids is 3. The lowest BCUT2D eigenvalue weighted by atomic mass is 9.90. The van der Waals surface area contributed by atoms with E-state index in [4.69, 9.17) is 4.74 Å². The lowest BCUT2D eigenvalue weighted by molar-refractivity contribution is -0.150. The molecule has 2 atom stereocenters. The van der Waals surface area contributed by atoms with E-state index in [1.165, 1.54) is 6.07 Å². The molecule has 0 heterocycles. The highest BCUT2D eigenvalue weighted by Gasteiger charge is 2.44. The van der Waals surface area contributed by atoms with Crippen molar-refractivity contribution >= 4 is 17.9 Å². The summed E-state index contributed by atoms with van der Waals surface area (Å²) in [6, 6.07) is 12.5. The summed E-state index contributed by atoms with van der Waals surface area (Å²) >= 11 is 0. The van der Waals surface area contributed by atoms with Crippen molar-refractivity contribution in [3.63, 3.8) is 0 Å². The number of nitrogens with zero attached hydrogens (tertiary/aromatic N) is 1. The summed E-state index contributed by atoms with van der Waals surface area (Å²) in [6.07, 6.45) is -0.149. The number of alkyl carbamates (subject to hydrolysis) is 1. The van der Waals surface area contributed by atoms with Gasteiger partial charge in [0.1, 0.15) is 23.4 Å². The van der Waals surface area contributed by atoms with Crippen LogP contribution in [0, 0.1) is 12.8 Å². The van der Waals surface area contributed by atoms with E-state index in [9.17, 15) is 19.5 Å². The molecule has 2 aromatic rings. The number of nitrogens with one attached hydrogen (secondary N) is 2. The van der Waals surface area contributed by atoms with Gasteiger partial charge in [-0.2, -0.15) is 0 Å². The molecule has 8 nitrogen and oxygen atoms in total. The highest BCUT2D eigenvalue weighted by molar-refractivity contribution is 5.93. The Morgan fingerprint density at radius 3 is 2.13 bits per heavy atom. The van der Waals surface area contributed by atoms with Crippen molar-refractivity contribution < 1.29 is 24.2 Å². The van der Waals surface area contributed by atoms with Crippen molar-refractivity contribution in [1.29, 1.82) is 0 Å². The Balaban J connectivity index is 2.59. The van der Waals surface area contributed by atoms with Crippen molar-refractivity contribution in [2.24, 2.45) is 5.92 Å². The third kappa shape index (κ3) is 8.73. The normalized spacial score (nSPS) is 13.4. The summed E-state index contributed by atoms with van der Waals surface area (Å²) < 4.78 is 5.44. The van der Waals surface area contributed by atoms with Gasteiger partial charge < -0.3 is 25.4 Å². The molecule has 2 unspecified atom stereocenters. The van der Waals surface area contributed by atoms with Gasteiger partial charge in [0.2, 0.25) is 11.8 Å². The number of ether oxygens (including phenoxy) is 1. The summed E-state index contributed by atoms with van der Waals surface area (Å²) in [5, 5.41) is 15.9. The smallest absolute Gasteiger partial charge is 0.408 e. The number of hydrogen-bond donors (Lipinski definition) is 3. The number of amides is 3. The number of phenolic OH excluding ortho intramolecular Hbond substituents is 1. The predicted molar refractivity (Wildman–Crippen MR) is 153 cm³/mol. The summed E-state index contributed by atoms with van der Waals surface area (Å²) in [5.74, 6) is -0.942. The zero-order chi connectivity index (χ0) is 29.5. The lowest BCUT2D eigenvalue weighted by Crippen LogP contribution is -2.60. The maximum absolute atomic E-state index is 14.4. The molecule has 2 rings (SSSR count). The van der Waals surface area contributed by atoms with Gasteiger partial charge in [-0.1, -0.05) is 57.2 Å². The average Bonchev–Trinajstić information content (AvgIpc) is 2.85. The molecular formula is C31H45N3O5. The average molecular weight is 540 g/mol. The van der Waals surface area contributed by atoms with Crippen LogP contribution in [0.1, 0.15) is 84.5 Å². The number of phenols is 1. The Morgan fingerprint density at radius 2 is 1.62 bits per heavy atom. The van der Waals surface area contributed by atoms with Crippen LogP contribution in [0.15, 0.2) is 48.5 Å². The quantitative estimate of drug-likeness (QED) is 0.363. The van der Waals surface area contributed by atoms with Crippen LogP contribution in [0.3, 0.4) is 0 Å². The number of aromatic hydroxyl groups is 1. The SMILES string of the molecule is CCC(C)(C)N(C(=O)C(NC(=O)OC(C)(C)C)C(C)C)C(C(=O)NCc1ccccc1)c1ccc(O)c(C)c1. The van der Waals surface area contributed by atoms with Gasteiger partial charge in [-0.25, -0.2) is 4.79 Å². The molecule has 0 spiro atoms. The zero-order valence-corrected chi connectivity index (χ0v) is 24.8. The molecule has 0 saturated carbocycles. The van der Waals surface area contributed by atoms with Crippen LogP contribution < -0.4 is 10.6 Å². The number of carbonyl (C=O) groups is 3. The van der Waals surface area contributed by atoms with Crippen LogP contribution >= 0.6 is 0 Å². The summed E-state index contributed by atoms with van der Waals surface area (Å²) in [5.41, 5.74) is 0.569. The van der Waals surface area contributed by atoms with Crippen LogP contribution in [-0.4, -0.2) is 45.1 Å².